The summed E-state index contributed by atoms with van der Waals surface area (Å²) in [5.74, 6) is 0.704. The van der Waals surface area contributed by atoms with Gasteiger partial charge in [-0.15, -0.1) is 0 Å². The third-order valence-electron chi connectivity index (χ3n) is 4.16. The van der Waals surface area contributed by atoms with E-state index in [-0.39, 0.29) is 5.41 Å². The van der Waals surface area contributed by atoms with Gasteiger partial charge in [0.2, 0.25) is 4.77 Å². The number of H-pyrrole nitrogens is 1. The van der Waals surface area contributed by atoms with Crippen molar-refractivity contribution in [3.05, 3.63) is 70.0 Å². The highest BCUT2D eigenvalue weighted by Gasteiger charge is 2.14. The maximum Gasteiger partial charge on any atom is 0.216 e. The minimum Gasteiger partial charge on any atom is -0.250 e. The van der Waals surface area contributed by atoms with Gasteiger partial charge in [0.1, 0.15) is 0 Å². The van der Waals surface area contributed by atoms with Crippen LogP contribution in [0, 0.1) is 11.7 Å². The molecular formula is C20H22N4S. The Morgan fingerprint density at radius 1 is 1.08 bits per heavy atom. The summed E-state index contributed by atoms with van der Waals surface area (Å²) in [6.07, 6.45) is 1.81. The fourth-order valence-electron chi connectivity index (χ4n) is 2.56. The second kappa shape index (κ2) is 6.76. The quantitative estimate of drug-likeness (QED) is 0.528. The fraction of sp³-hybridized carbons (Fsp3) is 0.250. The van der Waals surface area contributed by atoms with Crippen molar-refractivity contribution < 1.29 is 0 Å². The van der Waals surface area contributed by atoms with Crippen LogP contribution in [0.3, 0.4) is 0 Å². The van der Waals surface area contributed by atoms with Gasteiger partial charge in [0, 0.05) is 5.56 Å². The van der Waals surface area contributed by atoms with Crippen molar-refractivity contribution in [3.8, 4) is 11.4 Å². The smallest absolute Gasteiger partial charge is 0.216 e. The average molecular weight is 350 g/mol. The Balaban J connectivity index is 1.97. The summed E-state index contributed by atoms with van der Waals surface area (Å²) < 4.78 is 2.13. The lowest BCUT2D eigenvalue weighted by Crippen LogP contribution is -2.10. The first kappa shape index (κ1) is 17.3. The number of aryl methyl sites for hydroxylation is 1. The highest BCUT2D eigenvalue weighted by molar-refractivity contribution is 7.71. The molecule has 3 aromatic rings. The Morgan fingerprint density at radius 2 is 1.76 bits per heavy atom. The minimum atomic E-state index is 0.117. The van der Waals surface area contributed by atoms with Gasteiger partial charge >= 0.3 is 0 Å². The lowest BCUT2D eigenvalue weighted by atomic mass is 9.87. The van der Waals surface area contributed by atoms with Crippen LogP contribution >= 0.6 is 12.2 Å². The van der Waals surface area contributed by atoms with E-state index in [2.05, 4.69) is 73.3 Å². The normalized spacial score (nSPS) is 12.0. The summed E-state index contributed by atoms with van der Waals surface area (Å²) in [6, 6.07) is 16.5. The predicted octanol–water partition coefficient (Wildman–Crippen LogP) is 5.10. The zero-order valence-corrected chi connectivity index (χ0v) is 15.8. The molecule has 0 saturated heterocycles. The van der Waals surface area contributed by atoms with Crippen LogP contribution < -0.4 is 0 Å². The second-order valence-electron chi connectivity index (χ2n) is 7.09. The highest BCUT2D eigenvalue weighted by Crippen LogP contribution is 2.25. The van der Waals surface area contributed by atoms with Crippen molar-refractivity contribution in [2.75, 3.05) is 0 Å². The van der Waals surface area contributed by atoms with Crippen molar-refractivity contribution in [2.24, 2.45) is 5.10 Å². The monoisotopic (exact) mass is 350 g/mol. The highest BCUT2D eigenvalue weighted by atomic mass is 32.1. The first-order valence-corrected chi connectivity index (χ1v) is 8.65. The van der Waals surface area contributed by atoms with Crippen molar-refractivity contribution in [2.45, 2.75) is 33.1 Å². The molecule has 1 aromatic heterocycles. The summed E-state index contributed by atoms with van der Waals surface area (Å²) >= 11 is 5.34. The first-order chi connectivity index (χ1) is 11.9. The average Bonchev–Trinajstić information content (AvgIpc) is 2.94. The lowest BCUT2D eigenvalue weighted by Gasteiger charge is -2.18. The Labute approximate surface area is 153 Å². The standard InChI is InChI=1S/C20H22N4S/c1-14-7-5-6-8-16(14)13-21-24-18(22-23-19(24)25)15-9-11-17(12-10-15)20(2,3)4/h5-13H,1-4H3,(H,23,25)/b21-13+. The molecule has 0 bridgehead atoms. The van der Waals surface area contributed by atoms with E-state index in [1.54, 1.807) is 4.68 Å². The predicted molar refractivity (Wildman–Crippen MR) is 106 cm³/mol. The molecular weight excluding hydrogens is 328 g/mol. The molecule has 0 aliphatic heterocycles. The van der Waals surface area contributed by atoms with E-state index in [0.29, 0.717) is 10.6 Å². The topological polar surface area (TPSA) is 46.0 Å². The van der Waals surface area contributed by atoms with Crippen molar-refractivity contribution in [3.63, 3.8) is 0 Å². The molecule has 0 fully saturated rings. The number of rotatable bonds is 3. The maximum atomic E-state index is 5.34. The Hall–Kier alpha value is -2.53. The Bertz CT molecular complexity index is 956. The Morgan fingerprint density at radius 3 is 2.40 bits per heavy atom. The lowest BCUT2D eigenvalue weighted by molar-refractivity contribution is 0.590. The van der Waals surface area contributed by atoms with Gasteiger partial charge in [0.25, 0.3) is 0 Å². The molecule has 25 heavy (non-hydrogen) atoms. The van der Waals surface area contributed by atoms with Gasteiger partial charge in [-0.05, 0) is 41.2 Å². The molecule has 0 aliphatic carbocycles. The van der Waals surface area contributed by atoms with Crippen molar-refractivity contribution in [1.29, 1.82) is 0 Å². The summed E-state index contributed by atoms with van der Waals surface area (Å²) in [7, 11) is 0. The molecule has 0 aliphatic rings. The SMILES string of the molecule is Cc1ccccc1/C=N/n1c(-c2ccc(C(C)(C)C)cc2)n[nH]c1=S. The van der Waals surface area contributed by atoms with Crippen molar-refractivity contribution >= 4 is 18.4 Å². The minimum absolute atomic E-state index is 0.117. The van der Waals surface area contributed by atoms with E-state index in [0.717, 1.165) is 16.7 Å². The number of hydrogen-bond donors (Lipinski definition) is 1. The number of aromatic nitrogens is 3. The van der Waals surface area contributed by atoms with Crippen LogP contribution in [0.5, 0.6) is 0 Å². The number of nitrogens with one attached hydrogen (secondary N) is 1. The summed E-state index contributed by atoms with van der Waals surface area (Å²) in [5, 5.41) is 11.7. The zero-order chi connectivity index (χ0) is 18.0. The zero-order valence-electron chi connectivity index (χ0n) is 14.9. The van der Waals surface area contributed by atoms with Gasteiger partial charge in [-0.3, -0.25) is 0 Å². The maximum absolute atomic E-state index is 5.34. The summed E-state index contributed by atoms with van der Waals surface area (Å²) in [6.45, 7) is 8.65. The van der Waals surface area contributed by atoms with Gasteiger partial charge in [0.05, 0.1) is 6.21 Å². The van der Waals surface area contributed by atoms with Crippen LogP contribution in [0.1, 0.15) is 37.5 Å². The third kappa shape index (κ3) is 3.77. The Kier molecular flexibility index (Phi) is 4.68. The van der Waals surface area contributed by atoms with Crippen LogP contribution in [-0.2, 0) is 5.41 Å². The molecule has 0 radical (unpaired) electrons. The van der Waals surface area contributed by atoms with Gasteiger partial charge < -0.3 is 0 Å². The van der Waals surface area contributed by atoms with Gasteiger partial charge in [-0.1, -0.05) is 69.3 Å². The van der Waals surface area contributed by atoms with Crippen LogP contribution in [-0.4, -0.2) is 21.1 Å². The van der Waals surface area contributed by atoms with Gasteiger partial charge in [0.15, 0.2) is 5.82 Å². The molecule has 1 heterocycles. The molecule has 1 N–H and O–H groups in total. The molecule has 5 heteroatoms. The van der Waals surface area contributed by atoms with Crippen LogP contribution in [0.15, 0.2) is 53.6 Å². The number of hydrogen-bond acceptors (Lipinski definition) is 3. The van der Waals surface area contributed by atoms with Crippen LogP contribution in [0.4, 0.5) is 0 Å². The molecule has 0 amide bonds. The first-order valence-electron chi connectivity index (χ1n) is 8.24. The van der Waals surface area contributed by atoms with E-state index in [9.17, 15) is 0 Å². The summed E-state index contributed by atoms with van der Waals surface area (Å²) in [5.41, 5.74) is 4.59. The molecule has 128 valence electrons. The van der Waals surface area contributed by atoms with Gasteiger partial charge in [-0.2, -0.15) is 14.9 Å². The third-order valence-corrected chi connectivity index (χ3v) is 4.42. The van der Waals surface area contributed by atoms with E-state index in [1.165, 1.54) is 5.56 Å². The molecule has 0 saturated carbocycles. The molecule has 0 spiro atoms. The van der Waals surface area contributed by atoms with E-state index in [4.69, 9.17) is 12.2 Å². The second-order valence-corrected chi connectivity index (χ2v) is 7.48. The molecule has 3 rings (SSSR count). The molecule has 0 unspecified atom stereocenters. The van der Waals surface area contributed by atoms with Crippen LogP contribution in [0.25, 0.3) is 11.4 Å². The molecule has 4 nitrogen and oxygen atoms in total. The van der Waals surface area contributed by atoms with E-state index >= 15 is 0 Å². The fourth-order valence-corrected chi connectivity index (χ4v) is 2.74. The number of benzene rings is 2. The van der Waals surface area contributed by atoms with E-state index in [1.807, 2.05) is 24.4 Å². The van der Waals surface area contributed by atoms with Crippen molar-refractivity contribution in [1.82, 2.24) is 14.9 Å². The van der Waals surface area contributed by atoms with E-state index < -0.39 is 0 Å². The number of aromatic amines is 1. The summed E-state index contributed by atoms with van der Waals surface area (Å²) in [4.78, 5) is 0. The number of nitrogens with zero attached hydrogens (tertiary/aromatic N) is 3. The largest absolute Gasteiger partial charge is 0.250 e. The molecule has 2 aromatic carbocycles. The van der Waals surface area contributed by atoms with Gasteiger partial charge in [-0.25, -0.2) is 5.10 Å². The van der Waals surface area contributed by atoms with Crippen LogP contribution in [0.2, 0.25) is 0 Å². The molecule has 0 atom stereocenters.